The molecular weight excluding hydrogens is 242 g/mol. The second kappa shape index (κ2) is 6.45. The van der Waals surface area contributed by atoms with Crippen LogP contribution in [0.3, 0.4) is 0 Å². The van der Waals surface area contributed by atoms with Crippen molar-refractivity contribution in [2.75, 3.05) is 6.61 Å². The standard InChI is InChI=1S/C12H16ClNO3/c1-3-5-9(2)8-17-11-7-4-6-10(13)12(11)14(15)16/h4,6-7,9H,3,5,8H2,1-2H3. The van der Waals surface area contributed by atoms with Crippen molar-refractivity contribution in [1.29, 1.82) is 0 Å². The Morgan fingerprint density at radius 2 is 2.24 bits per heavy atom. The van der Waals surface area contributed by atoms with Crippen LogP contribution in [0.25, 0.3) is 0 Å². The van der Waals surface area contributed by atoms with Crippen molar-refractivity contribution in [3.05, 3.63) is 33.3 Å². The summed E-state index contributed by atoms with van der Waals surface area (Å²) < 4.78 is 5.47. The number of benzene rings is 1. The first kappa shape index (κ1) is 13.8. The van der Waals surface area contributed by atoms with Crippen LogP contribution in [0.4, 0.5) is 5.69 Å². The van der Waals surface area contributed by atoms with Crippen molar-refractivity contribution >= 4 is 17.3 Å². The normalized spacial score (nSPS) is 12.2. The average Bonchev–Trinajstić information content (AvgIpc) is 2.26. The Hall–Kier alpha value is -1.29. The molecule has 0 radical (unpaired) electrons. The lowest BCUT2D eigenvalue weighted by atomic mass is 10.1. The molecule has 0 aliphatic heterocycles. The van der Waals surface area contributed by atoms with Gasteiger partial charge in [-0.3, -0.25) is 10.1 Å². The maximum atomic E-state index is 10.9. The minimum atomic E-state index is -0.512. The van der Waals surface area contributed by atoms with Crippen LogP contribution < -0.4 is 4.74 Å². The molecule has 5 heteroatoms. The largest absolute Gasteiger partial charge is 0.486 e. The maximum absolute atomic E-state index is 10.9. The second-order valence-corrected chi connectivity index (χ2v) is 4.46. The summed E-state index contributed by atoms with van der Waals surface area (Å²) in [7, 11) is 0. The monoisotopic (exact) mass is 257 g/mol. The number of halogens is 1. The fraction of sp³-hybridized carbons (Fsp3) is 0.500. The summed E-state index contributed by atoms with van der Waals surface area (Å²) in [6, 6.07) is 4.71. The van der Waals surface area contributed by atoms with Gasteiger partial charge in [-0.05, 0) is 24.5 Å². The average molecular weight is 258 g/mol. The first-order valence-electron chi connectivity index (χ1n) is 5.62. The molecule has 94 valence electrons. The zero-order chi connectivity index (χ0) is 12.8. The zero-order valence-electron chi connectivity index (χ0n) is 9.98. The van der Waals surface area contributed by atoms with E-state index >= 15 is 0 Å². The first-order chi connectivity index (χ1) is 8.06. The number of hydrogen-bond acceptors (Lipinski definition) is 3. The smallest absolute Gasteiger partial charge is 0.329 e. The van der Waals surface area contributed by atoms with Crippen molar-refractivity contribution in [2.45, 2.75) is 26.7 Å². The van der Waals surface area contributed by atoms with Crippen molar-refractivity contribution < 1.29 is 9.66 Å². The third kappa shape index (κ3) is 3.89. The van der Waals surface area contributed by atoms with Crippen LogP contribution in [-0.4, -0.2) is 11.5 Å². The van der Waals surface area contributed by atoms with Crippen LogP contribution >= 0.6 is 11.6 Å². The number of ether oxygens (including phenoxy) is 1. The van der Waals surface area contributed by atoms with E-state index in [2.05, 4.69) is 13.8 Å². The van der Waals surface area contributed by atoms with Gasteiger partial charge in [-0.2, -0.15) is 0 Å². The van der Waals surface area contributed by atoms with Gasteiger partial charge >= 0.3 is 5.69 Å². The number of para-hydroxylation sites is 1. The Kier molecular flexibility index (Phi) is 5.22. The molecule has 4 nitrogen and oxygen atoms in total. The molecule has 0 N–H and O–H groups in total. The molecule has 1 atom stereocenters. The van der Waals surface area contributed by atoms with E-state index in [1.165, 1.54) is 6.07 Å². The fourth-order valence-corrected chi connectivity index (χ4v) is 1.83. The van der Waals surface area contributed by atoms with Gasteiger partial charge in [0.1, 0.15) is 5.02 Å². The highest BCUT2D eigenvalue weighted by atomic mass is 35.5. The predicted octanol–water partition coefficient (Wildman–Crippen LogP) is 4.06. The Morgan fingerprint density at radius 3 is 2.82 bits per heavy atom. The van der Waals surface area contributed by atoms with Gasteiger partial charge in [0, 0.05) is 0 Å². The zero-order valence-corrected chi connectivity index (χ0v) is 10.7. The molecule has 0 aliphatic carbocycles. The summed E-state index contributed by atoms with van der Waals surface area (Å²) in [6.45, 7) is 4.62. The van der Waals surface area contributed by atoms with Crippen LogP contribution in [0.15, 0.2) is 18.2 Å². The summed E-state index contributed by atoms with van der Waals surface area (Å²) >= 11 is 5.78. The van der Waals surface area contributed by atoms with Gasteiger partial charge < -0.3 is 4.74 Å². The summed E-state index contributed by atoms with van der Waals surface area (Å²) in [5.41, 5.74) is -0.155. The Bertz CT molecular complexity index is 395. The molecule has 1 rings (SSSR count). The van der Waals surface area contributed by atoms with Gasteiger partial charge in [0.25, 0.3) is 0 Å². The van der Waals surface area contributed by atoms with Crippen LogP contribution in [-0.2, 0) is 0 Å². The van der Waals surface area contributed by atoms with Crippen LogP contribution in [0, 0.1) is 16.0 Å². The molecule has 0 saturated carbocycles. The SMILES string of the molecule is CCCC(C)COc1cccc(Cl)c1[N+](=O)[O-]. The quantitative estimate of drug-likeness (QED) is 0.570. The molecule has 0 heterocycles. The van der Waals surface area contributed by atoms with Gasteiger partial charge in [0.05, 0.1) is 11.5 Å². The van der Waals surface area contributed by atoms with Gasteiger partial charge in [0.15, 0.2) is 5.75 Å². The highest BCUT2D eigenvalue weighted by Gasteiger charge is 2.19. The Morgan fingerprint density at radius 1 is 1.53 bits per heavy atom. The fourth-order valence-electron chi connectivity index (χ4n) is 1.60. The maximum Gasteiger partial charge on any atom is 0.329 e. The van der Waals surface area contributed by atoms with Crippen LogP contribution in [0.2, 0.25) is 5.02 Å². The highest BCUT2D eigenvalue weighted by molar-refractivity contribution is 6.32. The summed E-state index contributed by atoms with van der Waals surface area (Å²) in [5, 5.41) is 11.0. The molecule has 0 aliphatic rings. The lowest BCUT2D eigenvalue weighted by molar-refractivity contribution is -0.385. The number of rotatable bonds is 6. The summed E-state index contributed by atoms with van der Waals surface area (Å²) in [4.78, 5) is 10.3. The summed E-state index contributed by atoms with van der Waals surface area (Å²) in [5.74, 6) is 0.615. The lowest BCUT2D eigenvalue weighted by Gasteiger charge is -2.12. The third-order valence-electron chi connectivity index (χ3n) is 2.44. The third-order valence-corrected chi connectivity index (χ3v) is 2.74. The lowest BCUT2D eigenvalue weighted by Crippen LogP contribution is -2.09. The van der Waals surface area contributed by atoms with Crippen LogP contribution in [0.5, 0.6) is 5.75 Å². The first-order valence-corrected chi connectivity index (χ1v) is 5.99. The van der Waals surface area contributed by atoms with E-state index in [-0.39, 0.29) is 16.5 Å². The molecule has 1 aromatic carbocycles. The van der Waals surface area contributed by atoms with Crippen molar-refractivity contribution in [3.63, 3.8) is 0 Å². The topological polar surface area (TPSA) is 52.4 Å². The van der Waals surface area contributed by atoms with E-state index < -0.39 is 4.92 Å². The molecule has 1 unspecified atom stereocenters. The Balaban J connectivity index is 2.77. The molecule has 0 amide bonds. The number of nitro groups is 1. The van der Waals surface area contributed by atoms with Crippen molar-refractivity contribution in [2.24, 2.45) is 5.92 Å². The van der Waals surface area contributed by atoms with Crippen LogP contribution in [0.1, 0.15) is 26.7 Å². The molecule has 0 aromatic heterocycles. The van der Waals surface area contributed by atoms with E-state index in [0.29, 0.717) is 12.5 Å². The molecule has 0 fully saturated rings. The van der Waals surface area contributed by atoms with Crippen molar-refractivity contribution in [1.82, 2.24) is 0 Å². The molecule has 1 aromatic rings. The van der Waals surface area contributed by atoms with E-state index in [0.717, 1.165) is 12.8 Å². The molecule has 17 heavy (non-hydrogen) atoms. The molecular formula is C12H16ClNO3. The van der Waals surface area contributed by atoms with Gasteiger partial charge in [-0.1, -0.05) is 37.9 Å². The molecule has 0 saturated heterocycles. The predicted molar refractivity (Wildman–Crippen MR) is 67.7 cm³/mol. The van der Waals surface area contributed by atoms with Gasteiger partial charge in [-0.15, -0.1) is 0 Å². The highest BCUT2D eigenvalue weighted by Crippen LogP contribution is 2.34. The number of nitrogens with zero attached hydrogens (tertiary/aromatic N) is 1. The van der Waals surface area contributed by atoms with E-state index in [1.807, 2.05) is 0 Å². The number of hydrogen-bond donors (Lipinski definition) is 0. The minimum Gasteiger partial charge on any atom is -0.486 e. The Labute approximate surface area is 106 Å². The van der Waals surface area contributed by atoms with E-state index in [1.54, 1.807) is 12.1 Å². The molecule has 0 bridgehead atoms. The number of nitro benzene ring substituents is 1. The van der Waals surface area contributed by atoms with Gasteiger partial charge in [0.2, 0.25) is 0 Å². The van der Waals surface area contributed by atoms with E-state index in [9.17, 15) is 10.1 Å². The van der Waals surface area contributed by atoms with E-state index in [4.69, 9.17) is 16.3 Å². The molecule has 0 spiro atoms. The minimum absolute atomic E-state index is 0.107. The van der Waals surface area contributed by atoms with Gasteiger partial charge in [-0.25, -0.2) is 0 Å². The van der Waals surface area contributed by atoms with Crippen molar-refractivity contribution in [3.8, 4) is 5.75 Å². The summed E-state index contributed by atoms with van der Waals surface area (Å²) in [6.07, 6.45) is 2.11. The second-order valence-electron chi connectivity index (χ2n) is 4.05.